The van der Waals surface area contributed by atoms with Crippen molar-refractivity contribution >= 4 is 35.1 Å². The van der Waals surface area contributed by atoms with Crippen LogP contribution >= 0.6 is 23.2 Å². The molecular formula is C21H22Cl2N2O4. The summed E-state index contributed by atoms with van der Waals surface area (Å²) in [7, 11) is 0. The average Bonchev–Trinajstić information content (AvgIpc) is 2.94. The minimum Gasteiger partial charge on any atom is -0.478 e. The predicted octanol–water partition coefficient (Wildman–Crippen LogP) is 3.33. The lowest BCUT2D eigenvalue weighted by Gasteiger charge is -2.25. The monoisotopic (exact) mass is 436 g/mol. The maximum absolute atomic E-state index is 12.4. The molecule has 2 aromatic carbocycles. The molecule has 1 heterocycles. The van der Waals surface area contributed by atoms with Crippen LogP contribution < -0.4 is 10.6 Å². The summed E-state index contributed by atoms with van der Waals surface area (Å²) in [5.41, 5.74) is 1.73. The van der Waals surface area contributed by atoms with Crippen LogP contribution in [0, 0.1) is 5.92 Å². The van der Waals surface area contributed by atoms with E-state index in [0.717, 1.165) is 12.1 Å². The van der Waals surface area contributed by atoms with Crippen molar-refractivity contribution in [2.24, 2.45) is 5.92 Å². The smallest absolute Gasteiger partial charge is 0.335 e. The van der Waals surface area contributed by atoms with E-state index in [2.05, 4.69) is 10.6 Å². The van der Waals surface area contributed by atoms with E-state index < -0.39 is 5.97 Å². The zero-order valence-corrected chi connectivity index (χ0v) is 17.2. The average molecular weight is 437 g/mol. The molecule has 0 radical (unpaired) electrons. The normalized spacial score (nSPS) is 19.4. The molecule has 0 aliphatic carbocycles. The van der Waals surface area contributed by atoms with Crippen LogP contribution in [0.25, 0.3) is 0 Å². The Morgan fingerprint density at radius 1 is 1.17 bits per heavy atom. The van der Waals surface area contributed by atoms with E-state index in [1.165, 1.54) is 12.1 Å². The number of aromatic carboxylic acids is 1. The van der Waals surface area contributed by atoms with Crippen molar-refractivity contribution in [3.05, 3.63) is 69.2 Å². The number of amides is 1. The molecule has 6 nitrogen and oxygen atoms in total. The fourth-order valence-electron chi connectivity index (χ4n) is 3.33. The van der Waals surface area contributed by atoms with Crippen molar-refractivity contribution in [2.75, 3.05) is 26.2 Å². The Balaban J connectivity index is 1.64. The minimum absolute atomic E-state index is 0.00375. The van der Waals surface area contributed by atoms with Gasteiger partial charge in [0.2, 0.25) is 5.91 Å². The third-order valence-electron chi connectivity index (χ3n) is 4.78. The second-order valence-electron chi connectivity index (χ2n) is 6.92. The van der Waals surface area contributed by atoms with Crippen molar-refractivity contribution in [3.8, 4) is 0 Å². The third-order valence-corrected chi connectivity index (χ3v) is 5.52. The summed E-state index contributed by atoms with van der Waals surface area (Å²) >= 11 is 12.2. The lowest BCUT2D eigenvalue weighted by atomic mass is 9.95. The first-order valence-corrected chi connectivity index (χ1v) is 10.1. The van der Waals surface area contributed by atoms with Gasteiger partial charge in [-0.1, -0.05) is 41.4 Å². The molecule has 0 spiro atoms. The molecule has 0 saturated carbocycles. The number of rotatable bonds is 6. The van der Waals surface area contributed by atoms with Gasteiger partial charge in [-0.05, 0) is 35.4 Å². The molecule has 1 aliphatic rings. The molecule has 3 rings (SSSR count). The highest BCUT2D eigenvalue weighted by Crippen LogP contribution is 2.31. The van der Waals surface area contributed by atoms with Crippen molar-refractivity contribution in [1.29, 1.82) is 0 Å². The zero-order chi connectivity index (χ0) is 20.8. The maximum Gasteiger partial charge on any atom is 0.335 e. The van der Waals surface area contributed by atoms with Crippen molar-refractivity contribution in [2.45, 2.75) is 12.5 Å². The number of carbonyl (C=O) groups is 2. The summed E-state index contributed by atoms with van der Waals surface area (Å²) in [5.74, 6) is -1.19. The van der Waals surface area contributed by atoms with Gasteiger partial charge in [0.1, 0.15) is 0 Å². The fraction of sp³-hybridized carbons (Fsp3) is 0.333. The molecule has 1 fully saturated rings. The summed E-state index contributed by atoms with van der Waals surface area (Å²) in [4.78, 5) is 23.5. The molecule has 2 aromatic rings. The molecule has 2 atom stereocenters. The minimum atomic E-state index is -1.02. The van der Waals surface area contributed by atoms with E-state index in [4.69, 9.17) is 33.0 Å². The molecular weight excluding hydrogens is 415 g/mol. The highest BCUT2D eigenvalue weighted by Gasteiger charge is 2.27. The molecule has 1 aliphatic heterocycles. The molecule has 1 saturated heterocycles. The second-order valence-corrected chi connectivity index (χ2v) is 7.73. The van der Waals surface area contributed by atoms with Gasteiger partial charge in [-0.15, -0.1) is 0 Å². The molecule has 0 bridgehead atoms. The Labute approximate surface area is 179 Å². The highest BCUT2D eigenvalue weighted by molar-refractivity contribution is 6.42. The number of carboxylic acids is 1. The fourth-order valence-corrected chi connectivity index (χ4v) is 3.64. The second kappa shape index (κ2) is 10.1. The summed E-state index contributed by atoms with van der Waals surface area (Å²) in [6.07, 6.45) is -0.116. The largest absolute Gasteiger partial charge is 0.478 e. The summed E-state index contributed by atoms with van der Waals surface area (Å²) in [6.45, 7) is 2.37. The number of nitrogens with one attached hydrogen (secondary N) is 2. The van der Waals surface area contributed by atoms with Crippen LogP contribution in [0.3, 0.4) is 0 Å². The summed E-state index contributed by atoms with van der Waals surface area (Å²) in [5, 5.41) is 16.3. The van der Waals surface area contributed by atoms with E-state index in [1.54, 1.807) is 24.3 Å². The Hall–Kier alpha value is -2.12. The van der Waals surface area contributed by atoms with E-state index in [1.807, 2.05) is 6.07 Å². The molecule has 3 N–H and O–H groups in total. The van der Waals surface area contributed by atoms with Crippen molar-refractivity contribution in [1.82, 2.24) is 10.6 Å². The Kier molecular flexibility index (Phi) is 7.50. The lowest BCUT2D eigenvalue weighted by Crippen LogP contribution is -2.37. The van der Waals surface area contributed by atoms with E-state index in [-0.39, 0.29) is 29.9 Å². The number of hydrogen-bond donors (Lipinski definition) is 3. The Morgan fingerprint density at radius 2 is 2.00 bits per heavy atom. The number of hydrogen-bond acceptors (Lipinski definition) is 4. The predicted molar refractivity (Wildman–Crippen MR) is 112 cm³/mol. The number of carbonyl (C=O) groups excluding carboxylic acids is 1. The quantitative estimate of drug-likeness (QED) is 0.646. The van der Waals surface area contributed by atoms with Crippen LogP contribution in [-0.2, 0) is 16.0 Å². The number of benzene rings is 2. The van der Waals surface area contributed by atoms with Crippen LogP contribution in [0.15, 0.2) is 42.5 Å². The summed E-state index contributed by atoms with van der Waals surface area (Å²) < 4.78 is 6.01. The topological polar surface area (TPSA) is 87.7 Å². The van der Waals surface area contributed by atoms with Crippen molar-refractivity contribution in [3.63, 3.8) is 0 Å². The Bertz CT molecular complexity index is 891. The number of halogens is 2. The van der Waals surface area contributed by atoms with Crippen LogP contribution in [0.2, 0.25) is 10.0 Å². The molecule has 29 heavy (non-hydrogen) atoms. The zero-order valence-electron chi connectivity index (χ0n) is 15.7. The SMILES string of the molecule is O=C(Cc1cccc(C(=O)O)c1)NC[C@@H]1CNCCO[C@H]1c1ccc(Cl)c(Cl)c1. The van der Waals surface area contributed by atoms with Gasteiger partial charge in [-0.2, -0.15) is 0 Å². The standard InChI is InChI=1S/C21H22Cl2N2O4/c22-17-5-4-14(10-18(17)23)20-16(11-24-6-7-29-20)12-25-19(26)9-13-2-1-3-15(8-13)21(27)28/h1-5,8,10,16,20,24H,6-7,9,11-12H2,(H,25,26)(H,27,28)/t16-,20-/m0/s1. The highest BCUT2D eigenvalue weighted by atomic mass is 35.5. The summed E-state index contributed by atoms with van der Waals surface area (Å²) in [6, 6.07) is 11.8. The lowest BCUT2D eigenvalue weighted by molar-refractivity contribution is -0.120. The maximum atomic E-state index is 12.4. The molecule has 154 valence electrons. The first-order chi connectivity index (χ1) is 13.9. The van der Waals surface area contributed by atoms with Crippen LogP contribution in [0.5, 0.6) is 0 Å². The van der Waals surface area contributed by atoms with Gasteiger partial charge < -0.3 is 20.5 Å². The molecule has 8 heteroatoms. The van der Waals surface area contributed by atoms with E-state index in [0.29, 0.717) is 35.3 Å². The van der Waals surface area contributed by atoms with Gasteiger partial charge in [-0.3, -0.25) is 4.79 Å². The molecule has 0 unspecified atom stereocenters. The van der Waals surface area contributed by atoms with Gasteiger partial charge in [-0.25, -0.2) is 4.79 Å². The molecule has 0 aromatic heterocycles. The van der Waals surface area contributed by atoms with Gasteiger partial charge in [0, 0.05) is 25.6 Å². The van der Waals surface area contributed by atoms with Gasteiger partial charge in [0.05, 0.1) is 34.7 Å². The first-order valence-electron chi connectivity index (χ1n) is 9.30. The number of carboxylic acid groups (broad SMARTS) is 1. The van der Waals surface area contributed by atoms with Gasteiger partial charge in [0.15, 0.2) is 0 Å². The van der Waals surface area contributed by atoms with Crippen LogP contribution in [0.1, 0.15) is 27.6 Å². The van der Waals surface area contributed by atoms with Gasteiger partial charge in [0.25, 0.3) is 0 Å². The van der Waals surface area contributed by atoms with Crippen LogP contribution in [-0.4, -0.2) is 43.2 Å². The van der Waals surface area contributed by atoms with E-state index >= 15 is 0 Å². The first kappa shape index (κ1) is 21.6. The molecule has 1 amide bonds. The van der Waals surface area contributed by atoms with Crippen LogP contribution in [0.4, 0.5) is 0 Å². The van der Waals surface area contributed by atoms with E-state index in [9.17, 15) is 9.59 Å². The number of ether oxygens (including phenoxy) is 1. The third kappa shape index (κ3) is 5.93. The van der Waals surface area contributed by atoms with Gasteiger partial charge >= 0.3 is 5.97 Å². The Morgan fingerprint density at radius 3 is 2.76 bits per heavy atom. The van der Waals surface area contributed by atoms with Crippen molar-refractivity contribution < 1.29 is 19.4 Å².